The van der Waals surface area contributed by atoms with Crippen molar-refractivity contribution in [1.82, 2.24) is 16.1 Å². The fourth-order valence-corrected chi connectivity index (χ4v) is 4.77. The van der Waals surface area contributed by atoms with Gasteiger partial charge >= 0.3 is 0 Å². The van der Waals surface area contributed by atoms with E-state index in [1.807, 2.05) is 56.3 Å². The SMILES string of the molecule is CNC(=O)[C@H](Cc1ccccc1)NC(=O)[C@H](CC(C)C)[C@H](CSc1ccc(N)cc1)C(=O)NO. The van der Waals surface area contributed by atoms with Crippen molar-refractivity contribution in [2.45, 2.75) is 37.6 Å². The van der Waals surface area contributed by atoms with Crippen molar-refractivity contribution >= 4 is 35.2 Å². The van der Waals surface area contributed by atoms with Gasteiger partial charge in [-0.05, 0) is 42.2 Å². The van der Waals surface area contributed by atoms with Crippen molar-refractivity contribution in [3.8, 4) is 0 Å². The predicted octanol–water partition coefficient (Wildman–Crippen LogP) is 2.62. The van der Waals surface area contributed by atoms with Gasteiger partial charge in [0.05, 0.1) is 11.8 Å². The van der Waals surface area contributed by atoms with E-state index in [0.29, 0.717) is 18.5 Å². The number of hydroxylamine groups is 1. The number of anilines is 1. The molecule has 2 rings (SSSR count). The average molecular weight is 487 g/mol. The van der Waals surface area contributed by atoms with E-state index in [0.717, 1.165) is 10.5 Å². The van der Waals surface area contributed by atoms with Crippen LogP contribution in [0.3, 0.4) is 0 Å². The predicted molar refractivity (Wildman–Crippen MR) is 134 cm³/mol. The minimum absolute atomic E-state index is 0.110. The Balaban J connectivity index is 2.24. The van der Waals surface area contributed by atoms with Crippen LogP contribution in [0.1, 0.15) is 25.8 Å². The van der Waals surface area contributed by atoms with Gasteiger partial charge in [-0.25, -0.2) is 5.48 Å². The van der Waals surface area contributed by atoms with Crippen molar-refractivity contribution in [3.05, 3.63) is 60.2 Å². The number of hydrogen-bond donors (Lipinski definition) is 5. The second-order valence-corrected chi connectivity index (χ2v) is 9.66. The van der Waals surface area contributed by atoms with Crippen molar-refractivity contribution < 1.29 is 19.6 Å². The molecule has 0 fully saturated rings. The van der Waals surface area contributed by atoms with Crippen molar-refractivity contribution in [2.75, 3.05) is 18.5 Å². The van der Waals surface area contributed by atoms with Gasteiger partial charge in [-0.2, -0.15) is 0 Å². The smallest absolute Gasteiger partial charge is 0.248 e. The number of hydrogen-bond acceptors (Lipinski definition) is 6. The van der Waals surface area contributed by atoms with Gasteiger partial charge < -0.3 is 16.4 Å². The number of carbonyl (C=O) groups excluding carboxylic acids is 3. The molecule has 3 amide bonds. The highest BCUT2D eigenvalue weighted by Gasteiger charge is 2.36. The topological polar surface area (TPSA) is 134 Å². The summed E-state index contributed by atoms with van der Waals surface area (Å²) < 4.78 is 0. The van der Waals surface area contributed by atoms with Gasteiger partial charge in [0.1, 0.15) is 6.04 Å². The molecule has 0 aliphatic rings. The Morgan fingerprint density at radius 3 is 2.15 bits per heavy atom. The average Bonchev–Trinajstić information content (AvgIpc) is 2.83. The van der Waals surface area contributed by atoms with Crippen molar-refractivity contribution in [2.24, 2.45) is 17.8 Å². The molecule has 6 N–H and O–H groups in total. The summed E-state index contributed by atoms with van der Waals surface area (Å²) in [6.45, 7) is 3.92. The van der Waals surface area contributed by atoms with E-state index in [-0.39, 0.29) is 17.6 Å². The Labute approximate surface area is 205 Å². The first-order valence-electron chi connectivity index (χ1n) is 11.2. The monoisotopic (exact) mass is 486 g/mol. The molecule has 0 aliphatic carbocycles. The number of nitrogen functional groups attached to an aromatic ring is 1. The molecule has 9 heteroatoms. The molecule has 0 bridgehead atoms. The highest BCUT2D eigenvalue weighted by atomic mass is 32.2. The maximum atomic E-state index is 13.4. The van der Waals surface area contributed by atoms with E-state index in [2.05, 4.69) is 10.6 Å². The highest BCUT2D eigenvalue weighted by Crippen LogP contribution is 2.29. The first-order valence-corrected chi connectivity index (χ1v) is 12.2. The van der Waals surface area contributed by atoms with Gasteiger partial charge in [-0.1, -0.05) is 44.2 Å². The van der Waals surface area contributed by atoms with Gasteiger partial charge in [0, 0.05) is 29.8 Å². The summed E-state index contributed by atoms with van der Waals surface area (Å²) in [6.07, 6.45) is 0.732. The van der Waals surface area contributed by atoms with Gasteiger partial charge in [-0.3, -0.25) is 19.6 Å². The number of likely N-dealkylation sites (N-methyl/N-ethyl adjacent to an activating group) is 1. The Morgan fingerprint density at radius 1 is 0.941 bits per heavy atom. The fraction of sp³-hybridized carbons (Fsp3) is 0.400. The normalized spacial score (nSPS) is 13.6. The highest BCUT2D eigenvalue weighted by molar-refractivity contribution is 7.99. The second-order valence-electron chi connectivity index (χ2n) is 8.56. The molecule has 8 nitrogen and oxygen atoms in total. The van der Waals surface area contributed by atoms with E-state index in [4.69, 9.17) is 5.73 Å². The molecule has 0 spiro atoms. The number of benzene rings is 2. The van der Waals surface area contributed by atoms with Crippen LogP contribution in [0.2, 0.25) is 0 Å². The molecule has 34 heavy (non-hydrogen) atoms. The summed E-state index contributed by atoms with van der Waals surface area (Å²) in [6, 6.07) is 15.8. The molecule has 0 aliphatic heterocycles. The van der Waals surface area contributed by atoms with Crippen LogP contribution in [0.4, 0.5) is 5.69 Å². The van der Waals surface area contributed by atoms with E-state index in [9.17, 15) is 19.6 Å². The first-order chi connectivity index (χ1) is 16.2. The Morgan fingerprint density at radius 2 is 1.59 bits per heavy atom. The summed E-state index contributed by atoms with van der Waals surface area (Å²) in [5.41, 5.74) is 8.99. The fourth-order valence-electron chi connectivity index (χ4n) is 3.68. The minimum atomic E-state index is -0.808. The maximum absolute atomic E-state index is 13.4. The number of thioether (sulfide) groups is 1. The van der Waals surface area contributed by atoms with E-state index >= 15 is 0 Å². The molecular weight excluding hydrogens is 452 g/mol. The Kier molecular flexibility index (Phi) is 10.9. The standard InChI is InChI=1S/C25H34N4O4S/c1-16(2)13-20(21(24(31)29-33)15-34-19-11-9-18(26)10-12-19)23(30)28-22(25(32)27-3)14-17-7-5-4-6-8-17/h4-12,16,20-22,33H,13-15,26H2,1-3H3,(H,27,32)(H,28,30)(H,29,31)/t20-,21+,22+/m1/s1. The molecular formula is C25H34N4O4S. The molecule has 0 saturated heterocycles. The quantitative estimate of drug-likeness (QED) is 0.136. The summed E-state index contributed by atoms with van der Waals surface area (Å²) >= 11 is 1.40. The zero-order valence-electron chi connectivity index (χ0n) is 19.8. The minimum Gasteiger partial charge on any atom is -0.399 e. The zero-order chi connectivity index (χ0) is 25.1. The van der Waals surface area contributed by atoms with Crippen LogP contribution in [-0.4, -0.2) is 41.8 Å². The largest absolute Gasteiger partial charge is 0.399 e. The third kappa shape index (κ3) is 8.39. The molecule has 3 atom stereocenters. The van der Waals surface area contributed by atoms with Crippen molar-refractivity contribution in [3.63, 3.8) is 0 Å². The van der Waals surface area contributed by atoms with Crippen LogP contribution in [0.5, 0.6) is 0 Å². The lowest BCUT2D eigenvalue weighted by molar-refractivity contribution is -0.140. The Bertz CT molecular complexity index is 938. The van der Waals surface area contributed by atoms with E-state index < -0.39 is 29.7 Å². The molecule has 0 unspecified atom stereocenters. The third-order valence-corrected chi connectivity index (χ3v) is 6.60. The number of carbonyl (C=O) groups is 3. The summed E-state index contributed by atoms with van der Waals surface area (Å²) in [4.78, 5) is 39.5. The maximum Gasteiger partial charge on any atom is 0.248 e. The van der Waals surface area contributed by atoms with Gasteiger partial charge in [-0.15, -0.1) is 11.8 Å². The van der Waals surface area contributed by atoms with Crippen LogP contribution in [-0.2, 0) is 20.8 Å². The lowest BCUT2D eigenvalue weighted by Crippen LogP contribution is -2.51. The van der Waals surface area contributed by atoms with Crippen LogP contribution >= 0.6 is 11.8 Å². The van der Waals surface area contributed by atoms with Gasteiger partial charge in [0.2, 0.25) is 17.7 Å². The summed E-state index contributed by atoms with van der Waals surface area (Å²) in [5, 5.41) is 14.8. The molecule has 0 aromatic heterocycles. The number of rotatable bonds is 12. The van der Waals surface area contributed by atoms with Crippen LogP contribution in [0, 0.1) is 17.8 Å². The summed E-state index contributed by atoms with van der Waals surface area (Å²) in [7, 11) is 1.52. The number of nitrogens with two attached hydrogens (primary N) is 1. The molecule has 184 valence electrons. The Hall–Kier alpha value is -3.04. The van der Waals surface area contributed by atoms with E-state index in [1.165, 1.54) is 18.8 Å². The molecule has 2 aromatic rings. The second kappa shape index (κ2) is 13.6. The van der Waals surface area contributed by atoms with Crippen LogP contribution < -0.4 is 21.8 Å². The molecule has 0 radical (unpaired) electrons. The summed E-state index contributed by atoms with van der Waals surface area (Å²) in [5.74, 6) is -2.52. The van der Waals surface area contributed by atoms with Crippen LogP contribution in [0.25, 0.3) is 0 Å². The zero-order valence-corrected chi connectivity index (χ0v) is 20.6. The van der Waals surface area contributed by atoms with Gasteiger partial charge in [0.25, 0.3) is 0 Å². The lowest BCUT2D eigenvalue weighted by Gasteiger charge is -2.28. The van der Waals surface area contributed by atoms with E-state index in [1.54, 1.807) is 17.6 Å². The number of nitrogens with one attached hydrogen (secondary N) is 3. The number of amides is 3. The lowest BCUT2D eigenvalue weighted by atomic mass is 9.84. The molecule has 0 saturated carbocycles. The third-order valence-electron chi connectivity index (χ3n) is 5.47. The van der Waals surface area contributed by atoms with Crippen molar-refractivity contribution in [1.29, 1.82) is 0 Å². The van der Waals surface area contributed by atoms with Crippen LogP contribution in [0.15, 0.2) is 59.5 Å². The molecule has 0 heterocycles. The van der Waals surface area contributed by atoms with Gasteiger partial charge in [0.15, 0.2) is 0 Å². The first kappa shape index (κ1) is 27.2. The molecule has 2 aromatic carbocycles.